The maximum Gasteiger partial charge on any atom is 0.118 e. The Balaban J connectivity index is 2.33. The van der Waals surface area contributed by atoms with Gasteiger partial charge in [0.2, 0.25) is 0 Å². The summed E-state index contributed by atoms with van der Waals surface area (Å²) in [6, 6.07) is 16.7. The Hall–Kier alpha value is -2.28. The van der Waals surface area contributed by atoms with E-state index in [1.165, 1.54) is 27.5 Å². The highest BCUT2D eigenvalue weighted by Crippen LogP contribution is 2.33. The number of phenolic OH excluding ortho intramolecular Hbond substituents is 1. The molecule has 0 aliphatic heterocycles. The molecule has 0 aliphatic carbocycles. The lowest BCUT2D eigenvalue weighted by molar-refractivity contribution is 0.471. The van der Waals surface area contributed by atoms with Crippen molar-refractivity contribution in [1.29, 1.82) is 0 Å². The summed E-state index contributed by atoms with van der Waals surface area (Å²) < 4.78 is 0. The third kappa shape index (κ3) is 2.05. The summed E-state index contributed by atoms with van der Waals surface area (Å²) in [6.07, 6.45) is 0. The molecule has 0 atom stereocenters. The molecule has 3 rings (SSSR count). The Morgan fingerprint density at radius 2 is 1.55 bits per heavy atom. The number of benzene rings is 3. The maximum atomic E-state index is 9.69. The van der Waals surface area contributed by atoms with Crippen molar-refractivity contribution in [2.75, 3.05) is 0 Å². The van der Waals surface area contributed by atoms with Crippen LogP contribution in [0.3, 0.4) is 0 Å². The van der Waals surface area contributed by atoms with Crippen LogP contribution in [0.4, 0.5) is 0 Å². The summed E-state index contributed by atoms with van der Waals surface area (Å²) in [5.74, 6) is 0.348. The molecule has 0 saturated heterocycles. The quantitative estimate of drug-likeness (QED) is 0.644. The molecule has 0 fully saturated rings. The van der Waals surface area contributed by atoms with Gasteiger partial charge in [-0.2, -0.15) is 0 Å². The molecule has 1 heteroatoms. The summed E-state index contributed by atoms with van der Waals surface area (Å²) in [5, 5.41) is 12.3. The van der Waals surface area contributed by atoms with E-state index in [0.717, 1.165) is 11.1 Å². The third-order valence-corrected chi connectivity index (χ3v) is 3.85. The standard InChI is InChI=1S/C19H18O/c1-12-9-13(2)16-5-4-6-17(18(16)10-12)15-7-8-19(20)14(3)11-15/h4-11,20H,1-3H3. The van der Waals surface area contributed by atoms with Crippen molar-refractivity contribution in [3.05, 3.63) is 65.2 Å². The number of fused-ring (bicyclic) bond motifs is 1. The maximum absolute atomic E-state index is 9.69. The number of rotatable bonds is 1. The highest BCUT2D eigenvalue weighted by Gasteiger charge is 2.07. The molecule has 0 aromatic heterocycles. The van der Waals surface area contributed by atoms with E-state index in [1.54, 1.807) is 6.07 Å². The average molecular weight is 262 g/mol. The van der Waals surface area contributed by atoms with Crippen molar-refractivity contribution in [2.24, 2.45) is 0 Å². The van der Waals surface area contributed by atoms with Gasteiger partial charge in [0.15, 0.2) is 0 Å². The minimum absolute atomic E-state index is 0.348. The smallest absolute Gasteiger partial charge is 0.118 e. The van der Waals surface area contributed by atoms with Gasteiger partial charge in [-0.1, -0.05) is 42.0 Å². The van der Waals surface area contributed by atoms with E-state index in [2.05, 4.69) is 44.2 Å². The molecule has 0 amide bonds. The fourth-order valence-electron chi connectivity index (χ4n) is 2.83. The average Bonchev–Trinajstić information content (AvgIpc) is 2.41. The molecule has 0 radical (unpaired) electrons. The van der Waals surface area contributed by atoms with Crippen molar-refractivity contribution in [2.45, 2.75) is 20.8 Å². The van der Waals surface area contributed by atoms with Gasteiger partial charge in [-0.3, -0.25) is 0 Å². The van der Waals surface area contributed by atoms with Crippen LogP contribution in [0.2, 0.25) is 0 Å². The fraction of sp³-hybridized carbons (Fsp3) is 0.158. The van der Waals surface area contributed by atoms with Crippen LogP contribution < -0.4 is 0 Å². The van der Waals surface area contributed by atoms with Crippen molar-refractivity contribution in [1.82, 2.24) is 0 Å². The molecule has 0 heterocycles. The number of phenols is 1. The Bertz CT molecular complexity index is 800. The minimum Gasteiger partial charge on any atom is -0.508 e. The first-order valence-electron chi connectivity index (χ1n) is 6.86. The summed E-state index contributed by atoms with van der Waals surface area (Å²) >= 11 is 0. The fourth-order valence-corrected chi connectivity index (χ4v) is 2.83. The molecular formula is C19H18O. The topological polar surface area (TPSA) is 20.2 Å². The van der Waals surface area contributed by atoms with Crippen LogP contribution in [0, 0.1) is 20.8 Å². The minimum atomic E-state index is 0.348. The first-order chi connectivity index (χ1) is 9.56. The van der Waals surface area contributed by atoms with Gasteiger partial charge in [-0.25, -0.2) is 0 Å². The highest BCUT2D eigenvalue weighted by atomic mass is 16.3. The number of aromatic hydroxyl groups is 1. The third-order valence-electron chi connectivity index (χ3n) is 3.85. The van der Waals surface area contributed by atoms with E-state index < -0.39 is 0 Å². The Morgan fingerprint density at radius 1 is 0.750 bits per heavy atom. The van der Waals surface area contributed by atoms with E-state index >= 15 is 0 Å². The van der Waals surface area contributed by atoms with Crippen LogP contribution in [0.5, 0.6) is 5.75 Å². The van der Waals surface area contributed by atoms with E-state index in [1.807, 2.05) is 19.1 Å². The molecule has 0 unspecified atom stereocenters. The van der Waals surface area contributed by atoms with Crippen LogP contribution in [0.15, 0.2) is 48.5 Å². The van der Waals surface area contributed by atoms with Crippen molar-refractivity contribution >= 4 is 10.8 Å². The van der Waals surface area contributed by atoms with Gasteiger partial charge >= 0.3 is 0 Å². The van der Waals surface area contributed by atoms with Gasteiger partial charge in [0.25, 0.3) is 0 Å². The molecule has 0 saturated carbocycles. The van der Waals surface area contributed by atoms with Crippen molar-refractivity contribution in [3.63, 3.8) is 0 Å². The number of hydrogen-bond acceptors (Lipinski definition) is 1. The largest absolute Gasteiger partial charge is 0.508 e. The molecule has 1 N–H and O–H groups in total. The van der Waals surface area contributed by atoms with E-state index in [0.29, 0.717) is 5.75 Å². The van der Waals surface area contributed by atoms with Gasteiger partial charge in [0.05, 0.1) is 0 Å². The first kappa shape index (κ1) is 12.7. The van der Waals surface area contributed by atoms with Gasteiger partial charge in [-0.05, 0) is 65.9 Å². The van der Waals surface area contributed by atoms with Gasteiger partial charge in [0.1, 0.15) is 5.75 Å². The summed E-state index contributed by atoms with van der Waals surface area (Å²) in [6.45, 7) is 6.22. The Labute approximate surface area is 119 Å². The zero-order valence-electron chi connectivity index (χ0n) is 12.1. The molecule has 20 heavy (non-hydrogen) atoms. The Morgan fingerprint density at radius 3 is 2.30 bits per heavy atom. The predicted octanol–water partition coefficient (Wildman–Crippen LogP) is 5.14. The van der Waals surface area contributed by atoms with Gasteiger partial charge in [0, 0.05) is 0 Å². The number of hydrogen-bond donors (Lipinski definition) is 1. The van der Waals surface area contributed by atoms with Crippen LogP contribution in [-0.2, 0) is 0 Å². The predicted molar refractivity (Wildman–Crippen MR) is 85.3 cm³/mol. The Kier molecular flexibility index (Phi) is 2.98. The summed E-state index contributed by atoms with van der Waals surface area (Å²) in [4.78, 5) is 0. The van der Waals surface area contributed by atoms with Crippen LogP contribution in [0.25, 0.3) is 21.9 Å². The second-order valence-corrected chi connectivity index (χ2v) is 5.48. The van der Waals surface area contributed by atoms with E-state index in [-0.39, 0.29) is 0 Å². The van der Waals surface area contributed by atoms with Gasteiger partial charge < -0.3 is 5.11 Å². The lowest BCUT2D eigenvalue weighted by Gasteiger charge is -2.11. The van der Waals surface area contributed by atoms with Gasteiger partial charge in [-0.15, -0.1) is 0 Å². The lowest BCUT2D eigenvalue weighted by Crippen LogP contribution is -1.87. The van der Waals surface area contributed by atoms with Crippen molar-refractivity contribution < 1.29 is 5.11 Å². The SMILES string of the molecule is Cc1cc(C)c2cccc(-c3ccc(O)c(C)c3)c2c1. The molecule has 0 aliphatic rings. The van der Waals surface area contributed by atoms with Crippen LogP contribution in [-0.4, -0.2) is 5.11 Å². The van der Waals surface area contributed by atoms with Crippen LogP contribution in [0.1, 0.15) is 16.7 Å². The van der Waals surface area contributed by atoms with Crippen LogP contribution >= 0.6 is 0 Å². The number of aryl methyl sites for hydroxylation is 3. The lowest BCUT2D eigenvalue weighted by atomic mass is 9.94. The second-order valence-electron chi connectivity index (χ2n) is 5.48. The first-order valence-corrected chi connectivity index (χ1v) is 6.86. The molecule has 1 nitrogen and oxygen atoms in total. The van der Waals surface area contributed by atoms with Crippen molar-refractivity contribution in [3.8, 4) is 16.9 Å². The normalized spacial score (nSPS) is 10.9. The molecule has 0 spiro atoms. The zero-order valence-corrected chi connectivity index (χ0v) is 12.1. The monoisotopic (exact) mass is 262 g/mol. The summed E-state index contributed by atoms with van der Waals surface area (Å²) in [7, 11) is 0. The highest BCUT2D eigenvalue weighted by molar-refractivity contribution is 5.98. The second kappa shape index (κ2) is 4.68. The molecule has 3 aromatic rings. The molecule has 0 bridgehead atoms. The van der Waals surface area contributed by atoms with E-state index in [9.17, 15) is 5.11 Å². The zero-order chi connectivity index (χ0) is 14.3. The molecule has 3 aromatic carbocycles. The molecule has 100 valence electrons. The molecular weight excluding hydrogens is 244 g/mol. The van der Waals surface area contributed by atoms with E-state index in [4.69, 9.17) is 0 Å². The summed E-state index contributed by atoms with van der Waals surface area (Å²) in [5.41, 5.74) is 5.85.